The van der Waals surface area contributed by atoms with Gasteiger partial charge in [-0.3, -0.25) is 9.97 Å². The molecule has 77 heavy (non-hydrogen) atoms. The van der Waals surface area contributed by atoms with Crippen LogP contribution >= 0.6 is 0 Å². The Morgan fingerprint density at radius 1 is 0.545 bits per heavy atom. The van der Waals surface area contributed by atoms with Gasteiger partial charge in [0.2, 0.25) is 0 Å². The highest BCUT2D eigenvalue weighted by Crippen LogP contribution is 2.46. The standard InChI is InChI=1S/C22H16F8N4O3S.C22H17F7N4O3S.C2H6/c1-3-38(35,36)17-14-5-4-13(37-10-20(23,24)25)6-11(14)8-31-16(17)19-33-15-7-12(9-32-18(15)34(19)2)21(26,27)22(28,29)30;1-3-37(34,35)18-14-5-4-13(36-10-16(23)24)6-11(14)8-30-17(18)20-32-15-7-12(9-31-19(15)33(20)2)21(25,26)22(27,28)29;1-2/h4-9H,3,10H2,1-2H3;4-9,16H,3,10H2,1-2H3;1-2H3. The Bertz CT molecular complexity index is 3730. The molecule has 6 aromatic heterocycles. The van der Waals surface area contributed by atoms with Crippen molar-refractivity contribution in [1.82, 2.24) is 39.0 Å². The van der Waals surface area contributed by atoms with E-state index in [9.17, 15) is 82.7 Å². The topological polar surface area (TPSA) is 174 Å². The van der Waals surface area contributed by atoms with Gasteiger partial charge >= 0.3 is 30.4 Å². The number of nitrogens with zero attached hydrogens (tertiary/aromatic N) is 8. The van der Waals surface area contributed by atoms with Crippen LogP contribution in [0.3, 0.4) is 0 Å². The van der Waals surface area contributed by atoms with Gasteiger partial charge in [0.25, 0.3) is 6.43 Å². The van der Waals surface area contributed by atoms with Crippen molar-refractivity contribution in [3.63, 3.8) is 0 Å². The maximum absolute atomic E-state index is 13.9. The maximum atomic E-state index is 13.9. The van der Waals surface area contributed by atoms with E-state index in [2.05, 4.69) is 29.9 Å². The lowest BCUT2D eigenvalue weighted by Gasteiger charge is -2.19. The summed E-state index contributed by atoms with van der Waals surface area (Å²) in [6.45, 7) is 4.26. The summed E-state index contributed by atoms with van der Waals surface area (Å²) >= 11 is 0. The van der Waals surface area contributed by atoms with Crippen LogP contribution in [-0.2, 0) is 45.6 Å². The molecule has 416 valence electrons. The molecule has 0 aliphatic heterocycles. The van der Waals surface area contributed by atoms with Crippen LogP contribution in [0, 0.1) is 0 Å². The van der Waals surface area contributed by atoms with Crippen LogP contribution in [0.5, 0.6) is 11.5 Å². The third-order valence-corrected chi connectivity index (χ3v) is 14.7. The third kappa shape index (κ3) is 11.8. The first-order chi connectivity index (χ1) is 35.6. The van der Waals surface area contributed by atoms with Crippen LogP contribution < -0.4 is 9.47 Å². The van der Waals surface area contributed by atoms with Crippen LogP contribution in [0.4, 0.5) is 65.9 Å². The van der Waals surface area contributed by atoms with E-state index in [1.54, 1.807) is 0 Å². The molecule has 0 saturated carbocycles. The van der Waals surface area contributed by atoms with Gasteiger partial charge in [-0.2, -0.15) is 57.1 Å². The number of sulfone groups is 2. The largest absolute Gasteiger partial charge is 0.488 e. The number of hydrogen-bond donors (Lipinski definition) is 0. The van der Waals surface area contributed by atoms with Gasteiger partial charge in [0, 0.05) is 60.4 Å². The fourth-order valence-electron chi connectivity index (χ4n) is 7.34. The first-order valence-electron chi connectivity index (χ1n) is 22.1. The van der Waals surface area contributed by atoms with Crippen LogP contribution in [0.2, 0.25) is 0 Å². The Morgan fingerprint density at radius 3 is 1.26 bits per heavy atom. The van der Waals surface area contributed by atoms with Crippen molar-refractivity contribution in [2.24, 2.45) is 14.1 Å². The highest BCUT2D eigenvalue weighted by atomic mass is 32.2. The van der Waals surface area contributed by atoms with Crippen LogP contribution in [0.25, 0.3) is 66.9 Å². The molecule has 0 saturated heterocycles. The Labute approximate surface area is 425 Å². The SMILES string of the molecule is CC.CCS(=O)(=O)c1c(-c2nc3cc(C(F)(F)C(F)(F)F)cnc3n2C)ncc2cc(OCC(F)(F)F)ccc12.CCS(=O)(=O)c1c(-c2nc3cc(C(F)(F)C(F)(F)F)cnc3n2C)ncc2cc(OCC(F)F)ccc12. The molecule has 0 spiro atoms. The van der Waals surface area contributed by atoms with Gasteiger partial charge in [0.05, 0.1) is 22.6 Å². The minimum Gasteiger partial charge on any atom is -0.488 e. The van der Waals surface area contributed by atoms with E-state index in [1.165, 1.54) is 67.5 Å². The predicted molar refractivity (Wildman–Crippen MR) is 248 cm³/mol. The molecular formula is C46H39F15N8O6S2. The lowest BCUT2D eigenvalue weighted by molar-refractivity contribution is -0.289. The van der Waals surface area contributed by atoms with E-state index < -0.39 is 86.6 Å². The number of fused-ring (bicyclic) bond motifs is 4. The van der Waals surface area contributed by atoms with Crippen molar-refractivity contribution < 1.29 is 92.2 Å². The molecule has 0 unspecified atom stereocenters. The average Bonchev–Trinajstić information content (AvgIpc) is 3.93. The third-order valence-electron chi connectivity index (χ3n) is 11.1. The highest BCUT2D eigenvalue weighted by molar-refractivity contribution is 7.92. The number of imidazole rings is 2. The summed E-state index contributed by atoms with van der Waals surface area (Å²) in [6, 6.07) is 8.50. The second-order valence-electron chi connectivity index (χ2n) is 16.0. The average molecular weight is 1150 g/mol. The number of aryl methyl sites for hydroxylation is 2. The van der Waals surface area contributed by atoms with Gasteiger partial charge in [-0.1, -0.05) is 27.7 Å². The van der Waals surface area contributed by atoms with Gasteiger partial charge in [0.1, 0.15) is 50.3 Å². The normalized spacial score (nSPS) is 13.0. The molecule has 14 nitrogen and oxygen atoms in total. The molecule has 0 aliphatic carbocycles. The fraction of sp³-hybridized carbons (Fsp3) is 0.348. The van der Waals surface area contributed by atoms with Crippen LogP contribution in [0.15, 0.2) is 83.1 Å². The maximum Gasteiger partial charge on any atom is 0.458 e. The van der Waals surface area contributed by atoms with Crippen molar-refractivity contribution in [2.45, 2.75) is 74.3 Å². The zero-order valence-electron chi connectivity index (χ0n) is 40.3. The lowest BCUT2D eigenvalue weighted by atomic mass is 10.1. The second-order valence-corrected chi connectivity index (χ2v) is 20.5. The molecule has 8 aromatic rings. The molecule has 0 aliphatic rings. The summed E-state index contributed by atoms with van der Waals surface area (Å²) in [5.74, 6) is -11.7. The summed E-state index contributed by atoms with van der Waals surface area (Å²) in [5, 5.41) is 0.567. The molecule has 0 atom stereocenters. The minimum absolute atomic E-state index is 0.0484. The summed E-state index contributed by atoms with van der Waals surface area (Å²) in [4.78, 5) is 23.1. The van der Waals surface area contributed by atoms with Crippen molar-refractivity contribution in [1.29, 1.82) is 0 Å². The lowest BCUT2D eigenvalue weighted by Crippen LogP contribution is -2.33. The highest BCUT2D eigenvalue weighted by Gasteiger charge is 2.60. The number of benzene rings is 2. The van der Waals surface area contributed by atoms with Gasteiger partial charge < -0.3 is 18.6 Å². The Hall–Kier alpha value is -7.05. The van der Waals surface area contributed by atoms with Crippen LogP contribution in [0.1, 0.15) is 38.8 Å². The number of aromatic nitrogens is 8. The van der Waals surface area contributed by atoms with E-state index >= 15 is 0 Å². The zero-order valence-corrected chi connectivity index (χ0v) is 42.0. The molecule has 0 fully saturated rings. The first kappa shape index (κ1) is 59.2. The number of alkyl halides is 15. The zero-order chi connectivity index (χ0) is 57.6. The molecule has 2 aromatic carbocycles. The molecular weight excluding hydrogens is 1110 g/mol. The molecule has 8 rings (SSSR count). The van der Waals surface area contributed by atoms with Crippen molar-refractivity contribution >= 4 is 63.5 Å². The molecule has 0 bridgehead atoms. The quantitative estimate of drug-likeness (QED) is 0.100. The fourth-order valence-corrected chi connectivity index (χ4v) is 9.83. The first-order valence-corrected chi connectivity index (χ1v) is 25.4. The Morgan fingerprint density at radius 2 is 0.922 bits per heavy atom. The van der Waals surface area contributed by atoms with E-state index in [4.69, 9.17) is 9.47 Å². The summed E-state index contributed by atoms with van der Waals surface area (Å²) < 4.78 is 259. The van der Waals surface area contributed by atoms with E-state index in [0.29, 0.717) is 24.5 Å². The Kier molecular flexibility index (Phi) is 16.5. The number of halogens is 15. The smallest absolute Gasteiger partial charge is 0.458 e. The predicted octanol–water partition coefficient (Wildman–Crippen LogP) is 11.9. The molecule has 31 heteroatoms. The number of ether oxygens (including phenoxy) is 2. The van der Waals surface area contributed by atoms with E-state index in [-0.39, 0.29) is 94.0 Å². The number of rotatable bonds is 13. The molecule has 0 radical (unpaired) electrons. The molecule has 0 amide bonds. The van der Waals surface area contributed by atoms with Crippen LogP contribution in [-0.4, -0.2) is 106 Å². The molecule has 6 heterocycles. The van der Waals surface area contributed by atoms with Gasteiger partial charge in [-0.15, -0.1) is 0 Å². The minimum atomic E-state index is -5.88. The summed E-state index contributed by atoms with van der Waals surface area (Å²) in [7, 11) is -5.39. The van der Waals surface area contributed by atoms with Gasteiger partial charge in [0.15, 0.2) is 49.2 Å². The summed E-state index contributed by atoms with van der Waals surface area (Å²) in [6.07, 6.45) is -16.0. The Balaban J connectivity index is 0.000000242. The van der Waals surface area contributed by atoms with E-state index in [0.717, 1.165) is 18.3 Å². The van der Waals surface area contributed by atoms with Crippen molar-refractivity contribution in [3.8, 4) is 34.5 Å². The second kappa shape index (κ2) is 21.4. The van der Waals surface area contributed by atoms with Crippen molar-refractivity contribution in [2.75, 3.05) is 24.7 Å². The number of hydrogen-bond acceptors (Lipinski definition) is 12. The van der Waals surface area contributed by atoms with Gasteiger partial charge in [-0.05, 0) is 48.5 Å². The molecule has 0 N–H and O–H groups in total. The monoisotopic (exact) mass is 1150 g/mol. The number of pyridine rings is 4. The van der Waals surface area contributed by atoms with E-state index in [1.807, 2.05) is 13.8 Å². The van der Waals surface area contributed by atoms with Crippen molar-refractivity contribution in [3.05, 3.63) is 84.4 Å². The summed E-state index contributed by atoms with van der Waals surface area (Å²) in [5.41, 5.74) is -4.26. The van der Waals surface area contributed by atoms with Gasteiger partial charge in [-0.25, -0.2) is 45.6 Å².